The van der Waals surface area contributed by atoms with E-state index in [-0.39, 0.29) is 39.9 Å². The van der Waals surface area contributed by atoms with Crippen LogP contribution in [0.2, 0.25) is 0 Å². The number of nitrogens with one attached hydrogen (secondary N) is 2. The van der Waals surface area contributed by atoms with Crippen LogP contribution in [0.15, 0.2) is 56.8 Å². The van der Waals surface area contributed by atoms with E-state index < -0.39 is 22.6 Å². The molecule has 2 aromatic carbocycles. The normalized spacial score (nSPS) is 13.1. The summed E-state index contributed by atoms with van der Waals surface area (Å²) >= 11 is 1.99. The van der Waals surface area contributed by atoms with Crippen LogP contribution in [0.25, 0.3) is 16.6 Å². The Bertz CT molecular complexity index is 1790. The Morgan fingerprint density at radius 1 is 1.08 bits per heavy atom. The van der Waals surface area contributed by atoms with E-state index in [0.29, 0.717) is 27.7 Å². The van der Waals surface area contributed by atoms with Crippen LogP contribution in [-0.2, 0) is 7.05 Å². The van der Waals surface area contributed by atoms with Gasteiger partial charge in [0.05, 0.1) is 16.9 Å². The highest BCUT2D eigenvalue weighted by molar-refractivity contribution is 14.1. The average Bonchev–Trinajstić information content (AvgIpc) is 3.71. The topological polar surface area (TPSA) is 107 Å². The van der Waals surface area contributed by atoms with Gasteiger partial charge in [0.25, 0.3) is 17.0 Å². The molecule has 1 saturated carbocycles. The third-order valence-corrected chi connectivity index (χ3v) is 7.20. The molecule has 0 unspecified atom stereocenters. The molecule has 0 saturated heterocycles. The number of benzene rings is 2. The molecular weight excluding hydrogens is 592 g/mol. The van der Waals surface area contributed by atoms with E-state index in [2.05, 4.69) is 10.6 Å². The zero-order valence-corrected chi connectivity index (χ0v) is 22.4. The van der Waals surface area contributed by atoms with Crippen molar-refractivity contribution in [2.24, 2.45) is 7.05 Å². The van der Waals surface area contributed by atoms with E-state index in [4.69, 9.17) is 0 Å². The fourth-order valence-electron chi connectivity index (χ4n) is 4.50. The van der Waals surface area contributed by atoms with Gasteiger partial charge in [0.2, 0.25) is 0 Å². The maximum atomic E-state index is 14.8. The minimum Gasteiger partial charge on any atom is -0.355 e. The Balaban J connectivity index is 1.92. The maximum Gasteiger partial charge on any atom is 0.336 e. The van der Waals surface area contributed by atoms with Gasteiger partial charge in [0.15, 0.2) is 0 Å². The number of aryl methyl sites for hydroxylation is 1. The van der Waals surface area contributed by atoms with Crippen molar-refractivity contribution < 1.29 is 9.18 Å². The summed E-state index contributed by atoms with van der Waals surface area (Å²) in [7, 11) is 2.99. The number of fused-ring (bicyclic) bond motifs is 1. The molecule has 0 atom stereocenters. The van der Waals surface area contributed by atoms with Gasteiger partial charge < -0.3 is 10.6 Å². The van der Waals surface area contributed by atoms with Gasteiger partial charge in [0, 0.05) is 34.8 Å². The summed E-state index contributed by atoms with van der Waals surface area (Å²) < 4.78 is 19.2. The lowest BCUT2D eigenvalue weighted by Gasteiger charge is -2.21. The number of amides is 1. The average molecular weight is 615 g/mol. The van der Waals surface area contributed by atoms with Crippen LogP contribution in [0, 0.1) is 16.3 Å². The minimum atomic E-state index is -0.600. The predicted molar refractivity (Wildman–Crippen MR) is 148 cm³/mol. The van der Waals surface area contributed by atoms with Crippen molar-refractivity contribution in [1.29, 1.82) is 0 Å². The Morgan fingerprint density at radius 2 is 1.81 bits per heavy atom. The van der Waals surface area contributed by atoms with Gasteiger partial charge in [-0.2, -0.15) is 0 Å². The number of hydrogen-bond acceptors (Lipinski definition) is 5. The fraction of sp³-hybridized carbons (Fsp3) is 0.231. The summed E-state index contributed by atoms with van der Waals surface area (Å²) in [6.45, 7) is 1.54. The number of nitrogens with zero attached hydrogens (tertiary/aromatic N) is 3. The van der Waals surface area contributed by atoms with Crippen LogP contribution in [0.5, 0.6) is 0 Å². The minimum absolute atomic E-state index is 0.0707. The molecule has 0 radical (unpaired) electrons. The monoisotopic (exact) mass is 615 g/mol. The first-order chi connectivity index (χ1) is 17.6. The molecule has 0 bridgehead atoms. The second-order valence-corrected chi connectivity index (χ2v) is 10.2. The summed E-state index contributed by atoms with van der Waals surface area (Å²) in [5.74, 6) is -0.831. The highest BCUT2D eigenvalue weighted by Gasteiger charge is 2.31. The van der Waals surface area contributed by atoms with Gasteiger partial charge in [-0.1, -0.05) is 6.07 Å². The van der Waals surface area contributed by atoms with Crippen LogP contribution in [0.3, 0.4) is 0 Å². The van der Waals surface area contributed by atoms with Crippen molar-refractivity contribution in [3.63, 3.8) is 0 Å². The van der Waals surface area contributed by atoms with Gasteiger partial charge in [0.1, 0.15) is 17.0 Å². The van der Waals surface area contributed by atoms with Gasteiger partial charge in [-0.3, -0.25) is 28.1 Å². The lowest BCUT2D eigenvalue weighted by molar-refractivity contribution is 0.0963. The lowest BCUT2D eigenvalue weighted by atomic mass is 10.1. The molecule has 1 amide bonds. The Hall–Kier alpha value is -3.74. The molecule has 37 heavy (non-hydrogen) atoms. The molecular formula is C26H23FIN5O4. The molecule has 9 nitrogen and oxygen atoms in total. The van der Waals surface area contributed by atoms with E-state index in [9.17, 15) is 23.6 Å². The molecule has 190 valence electrons. The highest BCUT2D eigenvalue weighted by Crippen LogP contribution is 2.34. The molecule has 2 N–H and O–H groups in total. The van der Waals surface area contributed by atoms with Crippen molar-refractivity contribution in [3.8, 4) is 5.69 Å². The van der Waals surface area contributed by atoms with Crippen LogP contribution >= 0.6 is 22.6 Å². The third kappa shape index (κ3) is 4.16. The molecule has 1 fully saturated rings. The van der Waals surface area contributed by atoms with Crippen molar-refractivity contribution in [1.82, 2.24) is 19.0 Å². The first-order valence-corrected chi connectivity index (χ1v) is 12.7. The maximum absolute atomic E-state index is 14.8. The summed E-state index contributed by atoms with van der Waals surface area (Å²) in [6, 6.07) is 10.7. The predicted octanol–water partition coefficient (Wildman–Crippen LogP) is 3.34. The third-order valence-electron chi connectivity index (χ3n) is 6.53. The first-order valence-electron chi connectivity index (χ1n) is 11.6. The molecule has 5 rings (SSSR count). The summed E-state index contributed by atoms with van der Waals surface area (Å²) in [5.41, 5.74) is -0.619. The van der Waals surface area contributed by atoms with E-state index in [1.54, 1.807) is 31.2 Å². The lowest BCUT2D eigenvalue weighted by Crippen LogP contribution is -2.41. The largest absolute Gasteiger partial charge is 0.355 e. The van der Waals surface area contributed by atoms with Crippen molar-refractivity contribution in [2.75, 3.05) is 12.4 Å². The van der Waals surface area contributed by atoms with Crippen molar-refractivity contribution in [2.45, 2.75) is 25.8 Å². The summed E-state index contributed by atoms with van der Waals surface area (Å²) in [5, 5.41) is 5.57. The van der Waals surface area contributed by atoms with Crippen LogP contribution in [0.4, 0.5) is 15.9 Å². The summed E-state index contributed by atoms with van der Waals surface area (Å²) in [6.07, 6.45) is 1.33. The number of carbonyl (C=O) groups excluding carboxylic acids is 1. The van der Waals surface area contributed by atoms with E-state index in [1.807, 2.05) is 22.6 Å². The van der Waals surface area contributed by atoms with Crippen LogP contribution in [-0.4, -0.2) is 26.7 Å². The summed E-state index contributed by atoms with van der Waals surface area (Å²) in [4.78, 5) is 53.3. The molecule has 2 heterocycles. The molecule has 2 aromatic heterocycles. The SMILES string of the molecule is CNC(=O)c1cccc(-n2c(=O)n(C3CC3)c(=O)c3c(Nc4ccc(I)cc4F)n(C)c(=O)c(C)c32)c1. The Labute approximate surface area is 223 Å². The van der Waals surface area contributed by atoms with E-state index in [0.717, 1.165) is 0 Å². The second-order valence-electron chi connectivity index (χ2n) is 8.96. The Morgan fingerprint density at radius 3 is 2.46 bits per heavy atom. The number of hydrogen-bond donors (Lipinski definition) is 2. The highest BCUT2D eigenvalue weighted by atomic mass is 127. The second kappa shape index (κ2) is 9.29. The zero-order valence-electron chi connectivity index (χ0n) is 20.3. The van der Waals surface area contributed by atoms with Gasteiger partial charge >= 0.3 is 5.69 Å². The van der Waals surface area contributed by atoms with Crippen LogP contribution in [0.1, 0.15) is 34.8 Å². The number of rotatable bonds is 5. The first kappa shape index (κ1) is 24.9. The number of pyridine rings is 1. The molecule has 0 aliphatic heterocycles. The molecule has 1 aliphatic rings. The zero-order chi connectivity index (χ0) is 26.6. The smallest absolute Gasteiger partial charge is 0.336 e. The van der Waals surface area contributed by atoms with E-state index >= 15 is 0 Å². The van der Waals surface area contributed by atoms with Gasteiger partial charge in [-0.05, 0) is 78.8 Å². The van der Waals surface area contributed by atoms with Crippen molar-refractivity contribution in [3.05, 3.63) is 94.2 Å². The van der Waals surface area contributed by atoms with Gasteiger partial charge in [-0.25, -0.2) is 9.18 Å². The van der Waals surface area contributed by atoms with Crippen molar-refractivity contribution >= 4 is 50.9 Å². The van der Waals surface area contributed by atoms with Gasteiger partial charge in [-0.15, -0.1) is 0 Å². The molecule has 1 aliphatic carbocycles. The number of aromatic nitrogens is 3. The molecule has 4 aromatic rings. The molecule has 11 heteroatoms. The van der Waals surface area contributed by atoms with Crippen LogP contribution < -0.4 is 27.4 Å². The fourth-order valence-corrected chi connectivity index (χ4v) is 4.96. The standard InChI is InChI=1S/C26H23FIN5O4/c1-13-21-20(22(31(3)24(13)35)30-19-10-7-15(28)12-18(19)27)25(36)33(16-8-9-16)26(37)32(21)17-6-4-5-14(11-17)23(34)29-2/h4-7,10-12,16,30H,8-9H2,1-3H3,(H,29,34). The number of carbonyl (C=O) groups is 1. The number of anilines is 2. The number of halogens is 2. The Kier molecular flexibility index (Phi) is 6.26. The molecule has 0 spiro atoms. The van der Waals surface area contributed by atoms with E-state index in [1.165, 1.54) is 46.0 Å². The quantitative estimate of drug-likeness (QED) is 0.335.